The van der Waals surface area contributed by atoms with Gasteiger partial charge in [0.15, 0.2) is 0 Å². The predicted octanol–water partition coefficient (Wildman–Crippen LogP) is 5.46. The largest absolute Gasteiger partial charge is 0.304 e. The molecule has 0 radical (unpaired) electrons. The summed E-state index contributed by atoms with van der Waals surface area (Å²) in [5.41, 5.74) is 0.766. The molecule has 0 aliphatic heterocycles. The standard InChI is InChI=1S/C16H28O3S2/c1-2-3-4-5-6-7-8-9-10-11-12-15-13-14-20-16(15)21(17,18)19/h13-14H,2-12H2,1H3,(H,17,18,19). The summed E-state index contributed by atoms with van der Waals surface area (Å²) in [7, 11) is -4.03. The summed E-state index contributed by atoms with van der Waals surface area (Å²) in [5.74, 6) is 0. The highest BCUT2D eigenvalue weighted by Crippen LogP contribution is 2.24. The molecule has 0 spiro atoms. The maximum atomic E-state index is 11.2. The smallest absolute Gasteiger partial charge is 0.281 e. The van der Waals surface area contributed by atoms with E-state index >= 15 is 0 Å². The fourth-order valence-electron chi connectivity index (χ4n) is 2.54. The van der Waals surface area contributed by atoms with Crippen LogP contribution in [0.25, 0.3) is 0 Å². The van der Waals surface area contributed by atoms with Gasteiger partial charge in [0.2, 0.25) is 0 Å². The van der Waals surface area contributed by atoms with Gasteiger partial charge in [-0.2, -0.15) is 8.42 Å². The van der Waals surface area contributed by atoms with Crippen LogP contribution < -0.4 is 0 Å². The van der Waals surface area contributed by atoms with Gasteiger partial charge in [0, 0.05) is 0 Å². The average Bonchev–Trinajstić information content (AvgIpc) is 2.89. The van der Waals surface area contributed by atoms with Crippen LogP contribution in [0.4, 0.5) is 0 Å². The summed E-state index contributed by atoms with van der Waals surface area (Å²) >= 11 is 1.10. The highest BCUT2D eigenvalue weighted by Gasteiger charge is 2.16. The molecule has 0 amide bonds. The fraction of sp³-hybridized carbons (Fsp3) is 0.750. The van der Waals surface area contributed by atoms with Crippen molar-refractivity contribution in [2.45, 2.75) is 81.8 Å². The Hall–Kier alpha value is -0.390. The van der Waals surface area contributed by atoms with Gasteiger partial charge in [0.05, 0.1) is 0 Å². The summed E-state index contributed by atoms with van der Waals surface area (Å²) in [4.78, 5) is 0. The first kappa shape index (κ1) is 18.7. The molecular weight excluding hydrogens is 304 g/mol. The van der Waals surface area contributed by atoms with Gasteiger partial charge in [-0.1, -0.05) is 64.7 Å². The highest BCUT2D eigenvalue weighted by atomic mass is 32.3. The lowest BCUT2D eigenvalue weighted by molar-refractivity contribution is 0.484. The van der Waals surface area contributed by atoms with Crippen LogP contribution in [-0.2, 0) is 16.5 Å². The Balaban J connectivity index is 2.06. The Morgan fingerprint density at radius 2 is 1.48 bits per heavy atom. The van der Waals surface area contributed by atoms with E-state index in [1.165, 1.54) is 51.4 Å². The van der Waals surface area contributed by atoms with Crippen LogP contribution in [0.15, 0.2) is 15.7 Å². The minimum Gasteiger partial charge on any atom is -0.281 e. The van der Waals surface area contributed by atoms with E-state index in [1.807, 2.05) is 6.07 Å². The zero-order chi connectivity index (χ0) is 15.6. The third-order valence-corrected chi connectivity index (χ3v) is 6.14. The first-order valence-corrected chi connectivity index (χ1v) is 10.4. The molecule has 0 saturated heterocycles. The van der Waals surface area contributed by atoms with Crippen LogP contribution in [0.1, 0.15) is 76.7 Å². The van der Waals surface area contributed by atoms with E-state index in [4.69, 9.17) is 4.55 Å². The van der Waals surface area contributed by atoms with Crippen molar-refractivity contribution in [3.8, 4) is 0 Å². The molecule has 1 heterocycles. The van der Waals surface area contributed by atoms with Gasteiger partial charge >= 0.3 is 10.1 Å². The van der Waals surface area contributed by atoms with Crippen molar-refractivity contribution in [1.82, 2.24) is 0 Å². The molecule has 122 valence electrons. The lowest BCUT2D eigenvalue weighted by Gasteiger charge is -2.03. The second-order valence-corrected chi connectivity index (χ2v) is 8.17. The quantitative estimate of drug-likeness (QED) is 0.408. The third-order valence-electron chi connectivity index (χ3n) is 3.74. The van der Waals surface area contributed by atoms with Crippen LogP contribution in [-0.4, -0.2) is 13.0 Å². The summed E-state index contributed by atoms with van der Waals surface area (Å²) < 4.78 is 31.6. The van der Waals surface area contributed by atoms with Crippen LogP contribution in [0.3, 0.4) is 0 Å². The molecule has 1 aromatic rings. The average molecular weight is 333 g/mol. The van der Waals surface area contributed by atoms with Crippen LogP contribution in [0.2, 0.25) is 0 Å². The van der Waals surface area contributed by atoms with E-state index in [0.29, 0.717) is 0 Å². The van der Waals surface area contributed by atoms with E-state index in [0.717, 1.165) is 36.2 Å². The normalized spacial score (nSPS) is 11.9. The first-order chi connectivity index (χ1) is 10.1. The maximum Gasteiger partial charge on any atom is 0.304 e. The van der Waals surface area contributed by atoms with Gasteiger partial charge in [0.25, 0.3) is 0 Å². The number of rotatable bonds is 12. The van der Waals surface area contributed by atoms with Gasteiger partial charge < -0.3 is 0 Å². The summed E-state index contributed by atoms with van der Waals surface area (Å²) in [6, 6.07) is 1.81. The van der Waals surface area contributed by atoms with Gasteiger partial charge in [-0.3, -0.25) is 4.55 Å². The lowest BCUT2D eigenvalue weighted by Crippen LogP contribution is -1.99. The van der Waals surface area contributed by atoms with Crippen molar-refractivity contribution in [2.24, 2.45) is 0 Å². The minimum atomic E-state index is -4.03. The Labute approximate surface area is 133 Å². The van der Waals surface area contributed by atoms with Crippen molar-refractivity contribution < 1.29 is 13.0 Å². The number of unbranched alkanes of at least 4 members (excludes halogenated alkanes) is 9. The SMILES string of the molecule is CCCCCCCCCCCCc1ccsc1S(=O)(=O)O. The van der Waals surface area contributed by atoms with Crippen molar-refractivity contribution in [3.05, 3.63) is 17.0 Å². The topological polar surface area (TPSA) is 54.4 Å². The fourth-order valence-corrected chi connectivity index (χ4v) is 4.37. The molecule has 1 aromatic heterocycles. The van der Waals surface area contributed by atoms with Crippen LogP contribution in [0, 0.1) is 0 Å². The molecule has 0 aromatic carbocycles. The molecule has 0 aliphatic rings. The first-order valence-electron chi connectivity index (χ1n) is 8.09. The molecule has 0 saturated carbocycles. The predicted molar refractivity (Wildman–Crippen MR) is 89.7 cm³/mol. The molecule has 0 fully saturated rings. The van der Waals surface area contributed by atoms with E-state index in [1.54, 1.807) is 5.38 Å². The second kappa shape index (κ2) is 10.4. The van der Waals surface area contributed by atoms with E-state index in [2.05, 4.69) is 6.92 Å². The number of thiophene rings is 1. The Morgan fingerprint density at radius 3 is 2.00 bits per heavy atom. The molecule has 21 heavy (non-hydrogen) atoms. The molecule has 5 heteroatoms. The van der Waals surface area contributed by atoms with Crippen molar-refractivity contribution in [2.75, 3.05) is 0 Å². The molecule has 0 unspecified atom stereocenters. The van der Waals surface area contributed by atoms with Gasteiger partial charge in [0.1, 0.15) is 4.21 Å². The van der Waals surface area contributed by atoms with Gasteiger partial charge in [-0.25, -0.2) is 0 Å². The zero-order valence-corrected chi connectivity index (χ0v) is 14.6. The number of hydrogen-bond donors (Lipinski definition) is 1. The van der Waals surface area contributed by atoms with E-state index < -0.39 is 10.1 Å². The molecule has 0 aliphatic carbocycles. The van der Waals surface area contributed by atoms with Crippen LogP contribution >= 0.6 is 11.3 Å². The Morgan fingerprint density at radius 1 is 0.952 bits per heavy atom. The van der Waals surface area contributed by atoms with E-state index in [-0.39, 0.29) is 4.21 Å². The molecule has 1 rings (SSSR count). The van der Waals surface area contributed by atoms with Crippen molar-refractivity contribution in [1.29, 1.82) is 0 Å². The second-order valence-electron chi connectivity index (χ2n) is 5.64. The van der Waals surface area contributed by atoms with Crippen molar-refractivity contribution in [3.63, 3.8) is 0 Å². The third kappa shape index (κ3) is 7.98. The summed E-state index contributed by atoms with van der Waals surface area (Å²) in [6.45, 7) is 2.24. The summed E-state index contributed by atoms with van der Waals surface area (Å²) in [5, 5.41) is 1.73. The molecular formula is C16H28O3S2. The number of hydrogen-bond acceptors (Lipinski definition) is 3. The van der Waals surface area contributed by atoms with Gasteiger partial charge in [-0.15, -0.1) is 11.3 Å². The maximum absolute atomic E-state index is 11.2. The van der Waals surface area contributed by atoms with Crippen LogP contribution in [0.5, 0.6) is 0 Å². The monoisotopic (exact) mass is 332 g/mol. The zero-order valence-electron chi connectivity index (χ0n) is 13.0. The Kier molecular flexibility index (Phi) is 9.20. The molecule has 3 nitrogen and oxygen atoms in total. The minimum absolute atomic E-state index is 0.124. The lowest BCUT2D eigenvalue weighted by atomic mass is 10.0. The van der Waals surface area contributed by atoms with Gasteiger partial charge in [-0.05, 0) is 29.9 Å². The number of aryl methyl sites for hydroxylation is 1. The summed E-state index contributed by atoms with van der Waals surface area (Å²) in [6.07, 6.45) is 13.4. The highest BCUT2D eigenvalue weighted by molar-refractivity contribution is 7.88. The van der Waals surface area contributed by atoms with E-state index in [9.17, 15) is 8.42 Å². The molecule has 0 atom stereocenters. The molecule has 1 N–H and O–H groups in total. The van der Waals surface area contributed by atoms with Crippen molar-refractivity contribution >= 4 is 21.5 Å². The Bertz CT molecular complexity index is 477. The molecule has 0 bridgehead atoms.